The first-order chi connectivity index (χ1) is 5.75. The van der Waals surface area contributed by atoms with Crippen molar-refractivity contribution in [1.82, 2.24) is 4.98 Å². The van der Waals surface area contributed by atoms with Crippen molar-refractivity contribution in [3.05, 3.63) is 16.9 Å². The van der Waals surface area contributed by atoms with Crippen LogP contribution in [-0.4, -0.2) is 11.1 Å². The van der Waals surface area contributed by atoms with Crippen molar-refractivity contribution in [2.45, 2.75) is 18.9 Å². The van der Waals surface area contributed by atoms with Gasteiger partial charge in [0.2, 0.25) is 0 Å². The molecule has 1 aliphatic rings. The van der Waals surface area contributed by atoms with Crippen LogP contribution in [0, 0.1) is 0 Å². The zero-order chi connectivity index (χ0) is 8.55. The molecule has 0 saturated heterocycles. The number of rotatable bonds is 2. The molecule has 0 aromatic carbocycles. The number of anilines is 1. The van der Waals surface area contributed by atoms with Gasteiger partial charge >= 0.3 is 0 Å². The molecule has 2 N–H and O–H groups in total. The maximum Gasteiger partial charge on any atom is 0.140 e. The van der Waals surface area contributed by atoms with Crippen LogP contribution in [0.4, 0.5) is 5.69 Å². The van der Waals surface area contributed by atoms with E-state index in [4.69, 9.17) is 10.5 Å². The van der Waals surface area contributed by atoms with E-state index < -0.39 is 0 Å². The molecule has 2 rings (SSSR count). The highest BCUT2D eigenvalue weighted by atomic mass is 79.9. The Bertz CT molecular complexity index is 299. The van der Waals surface area contributed by atoms with Crippen molar-refractivity contribution >= 4 is 21.6 Å². The predicted octanol–water partition coefficient (Wildman–Crippen LogP) is 1.97. The average molecular weight is 229 g/mol. The minimum Gasteiger partial charge on any atom is -0.489 e. The van der Waals surface area contributed by atoms with Crippen LogP contribution in [0.2, 0.25) is 0 Å². The summed E-state index contributed by atoms with van der Waals surface area (Å²) in [5.41, 5.74) is 6.25. The van der Waals surface area contributed by atoms with Gasteiger partial charge in [0.05, 0.1) is 18.0 Å². The highest BCUT2D eigenvalue weighted by Crippen LogP contribution is 2.28. The Morgan fingerprint density at radius 2 is 2.33 bits per heavy atom. The second-order valence-electron chi connectivity index (χ2n) is 2.87. The Hall–Kier alpha value is -0.770. The number of pyridine rings is 1. The van der Waals surface area contributed by atoms with Crippen LogP contribution < -0.4 is 10.5 Å². The fourth-order valence-electron chi connectivity index (χ4n) is 0.888. The molecule has 4 heteroatoms. The van der Waals surface area contributed by atoms with Crippen LogP contribution in [-0.2, 0) is 0 Å². The number of hydrogen-bond donors (Lipinski definition) is 1. The van der Waals surface area contributed by atoms with Gasteiger partial charge in [0.1, 0.15) is 10.4 Å². The lowest BCUT2D eigenvalue weighted by molar-refractivity contribution is 0.302. The second-order valence-corrected chi connectivity index (χ2v) is 3.62. The molecule has 1 aromatic rings. The van der Waals surface area contributed by atoms with Gasteiger partial charge in [-0.15, -0.1) is 0 Å². The molecular formula is C8H9BrN2O. The zero-order valence-corrected chi connectivity index (χ0v) is 8.04. The van der Waals surface area contributed by atoms with Gasteiger partial charge in [-0.25, -0.2) is 4.98 Å². The normalized spacial score (nSPS) is 16.1. The van der Waals surface area contributed by atoms with Crippen LogP contribution in [0.25, 0.3) is 0 Å². The molecule has 1 aromatic heterocycles. The molecular weight excluding hydrogens is 220 g/mol. The van der Waals surface area contributed by atoms with Gasteiger partial charge in [0.15, 0.2) is 0 Å². The summed E-state index contributed by atoms with van der Waals surface area (Å²) in [4.78, 5) is 4.03. The second kappa shape index (κ2) is 2.94. The third-order valence-corrected chi connectivity index (χ3v) is 2.33. The summed E-state index contributed by atoms with van der Waals surface area (Å²) >= 11 is 3.22. The fourth-order valence-corrected chi connectivity index (χ4v) is 1.10. The Morgan fingerprint density at radius 3 is 2.92 bits per heavy atom. The Labute approximate surface area is 79.1 Å². The summed E-state index contributed by atoms with van der Waals surface area (Å²) in [6, 6.07) is 1.79. The van der Waals surface area contributed by atoms with Crippen LogP contribution in [0.1, 0.15) is 12.8 Å². The summed E-state index contributed by atoms with van der Waals surface area (Å²) in [5, 5.41) is 0. The lowest BCUT2D eigenvalue weighted by atomic mass is 10.4. The quantitative estimate of drug-likeness (QED) is 0.788. The summed E-state index contributed by atoms with van der Waals surface area (Å²) in [5.74, 6) is 0.762. The molecule has 0 spiro atoms. The molecule has 64 valence electrons. The molecule has 0 unspecified atom stereocenters. The number of aromatic nitrogens is 1. The average Bonchev–Trinajstić information content (AvgIpc) is 2.81. The minimum atomic E-state index is 0.396. The SMILES string of the molecule is Nc1cc(OC2CC2)cnc1Br. The van der Waals surface area contributed by atoms with Gasteiger partial charge in [0.25, 0.3) is 0 Å². The van der Waals surface area contributed by atoms with Crippen molar-refractivity contribution in [2.24, 2.45) is 0 Å². The number of hydrogen-bond acceptors (Lipinski definition) is 3. The van der Waals surface area contributed by atoms with Crippen molar-refractivity contribution < 1.29 is 4.74 Å². The standard InChI is InChI=1S/C8H9BrN2O/c9-8-7(10)3-6(4-11-8)12-5-1-2-5/h3-5H,1-2,10H2. The first-order valence-corrected chi connectivity index (χ1v) is 4.62. The third kappa shape index (κ3) is 1.69. The third-order valence-electron chi connectivity index (χ3n) is 1.67. The number of nitrogens with zero attached hydrogens (tertiary/aromatic N) is 1. The van der Waals surface area contributed by atoms with E-state index in [0.717, 1.165) is 18.6 Å². The highest BCUT2D eigenvalue weighted by molar-refractivity contribution is 9.10. The van der Waals surface area contributed by atoms with Gasteiger partial charge in [0, 0.05) is 6.07 Å². The first-order valence-electron chi connectivity index (χ1n) is 3.83. The topological polar surface area (TPSA) is 48.1 Å². The highest BCUT2D eigenvalue weighted by Gasteiger charge is 2.23. The maximum absolute atomic E-state index is 5.63. The number of nitrogens with two attached hydrogens (primary N) is 1. The van der Waals surface area contributed by atoms with Crippen LogP contribution in [0.3, 0.4) is 0 Å². The molecule has 0 radical (unpaired) electrons. The molecule has 0 amide bonds. The van der Waals surface area contributed by atoms with E-state index >= 15 is 0 Å². The maximum atomic E-state index is 5.63. The van der Waals surface area contributed by atoms with Crippen molar-refractivity contribution in [2.75, 3.05) is 5.73 Å². The molecule has 0 bridgehead atoms. The van der Waals surface area contributed by atoms with Crippen LogP contribution >= 0.6 is 15.9 Å². The minimum absolute atomic E-state index is 0.396. The monoisotopic (exact) mass is 228 g/mol. The van der Waals surface area contributed by atoms with E-state index in [1.807, 2.05) is 0 Å². The number of nitrogen functional groups attached to an aromatic ring is 1. The van der Waals surface area contributed by atoms with Gasteiger partial charge in [-0.05, 0) is 28.8 Å². The van der Waals surface area contributed by atoms with E-state index in [1.165, 1.54) is 0 Å². The smallest absolute Gasteiger partial charge is 0.140 e. The van der Waals surface area contributed by atoms with Gasteiger partial charge in [-0.1, -0.05) is 0 Å². The molecule has 0 aliphatic heterocycles. The Kier molecular flexibility index (Phi) is 1.92. The van der Waals surface area contributed by atoms with Gasteiger partial charge in [-0.2, -0.15) is 0 Å². The summed E-state index contributed by atoms with van der Waals surface area (Å²) in [7, 11) is 0. The Balaban J connectivity index is 2.15. The number of halogens is 1. The molecule has 0 atom stereocenters. The van der Waals surface area contributed by atoms with Gasteiger partial charge < -0.3 is 10.5 Å². The van der Waals surface area contributed by atoms with Crippen LogP contribution in [0.15, 0.2) is 16.9 Å². The van der Waals surface area contributed by atoms with E-state index in [2.05, 4.69) is 20.9 Å². The molecule has 1 fully saturated rings. The lowest BCUT2D eigenvalue weighted by Gasteiger charge is -2.04. The van der Waals surface area contributed by atoms with E-state index in [9.17, 15) is 0 Å². The van der Waals surface area contributed by atoms with E-state index in [0.29, 0.717) is 16.4 Å². The van der Waals surface area contributed by atoms with Crippen molar-refractivity contribution in [3.8, 4) is 5.75 Å². The molecule has 1 aliphatic carbocycles. The van der Waals surface area contributed by atoms with Crippen LogP contribution in [0.5, 0.6) is 5.75 Å². The zero-order valence-electron chi connectivity index (χ0n) is 6.46. The summed E-state index contributed by atoms with van der Waals surface area (Å²) in [6.07, 6.45) is 4.37. The van der Waals surface area contributed by atoms with E-state index in [1.54, 1.807) is 12.3 Å². The lowest BCUT2D eigenvalue weighted by Crippen LogP contribution is -1.98. The Morgan fingerprint density at radius 1 is 1.58 bits per heavy atom. The largest absolute Gasteiger partial charge is 0.489 e. The molecule has 12 heavy (non-hydrogen) atoms. The summed E-state index contributed by atoms with van der Waals surface area (Å²) < 4.78 is 6.17. The first kappa shape index (κ1) is 7.86. The number of ether oxygens (including phenoxy) is 1. The molecule has 3 nitrogen and oxygen atoms in total. The van der Waals surface area contributed by atoms with Crippen molar-refractivity contribution in [1.29, 1.82) is 0 Å². The van der Waals surface area contributed by atoms with Crippen molar-refractivity contribution in [3.63, 3.8) is 0 Å². The predicted molar refractivity (Wildman–Crippen MR) is 50.0 cm³/mol. The van der Waals surface area contributed by atoms with E-state index in [-0.39, 0.29) is 0 Å². The van der Waals surface area contributed by atoms with Gasteiger partial charge in [-0.3, -0.25) is 0 Å². The molecule has 1 heterocycles. The summed E-state index contributed by atoms with van der Waals surface area (Å²) in [6.45, 7) is 0. The molecule has 1 saturated carbocycles. The fraction of sp³-hybridized carbons (Fsp3) is 0.375.